The molecule has 0 aliphatic rings. The topological polar surface area (TPSA) is 64.2 Å². The van der Waals surface area contributed by atoms with Gasteiger partial charge < -0.3 is 14.5 Å². The molecule has 0 atom stereocenters. The van der Waals surface area contributed by atoms with Crippen LogP contribution in [-0.2, 0) is 6.61 Å². The van der Waals surface area contributed by atoms with Crippen LogP contribution in [0.25, 0.3) is 22.3 Å². The summed E-state index contributed by atoms with van der Waals surface area (Å²) in [5, 5.41) is 1.18. The van der Waals surface area contributed by atoms with Crippen LogP contribution < -0.4 is 15.0 Å². The van der Waals surface area contributed by atoms with E-state index in [0.717, 1.165) is 5.56 Å². The molecule has 4 rings (SSSR count). The third-order valence-corrected chi connectivity index (χ3v) is 4.57. The molecule has 0 unspecified atom stereocenters. The zero-order chi connectivity index (χ0) is 19.5. The second-order valence-electron chi connectivity index (χ2n) is 6.19. The molecule has 1 N–H and O–H groups in total. The SMILES string of the molecule is COc1cccc(-c2nc3ccccc3c(=O)[nH]2)c1OCc1cccc(Cl)c1. The van der Waals surface area contributed by atoms with E-state index in [2.05, 4.69) is 9.97 Å². The molecule has 1 heterocycles. The largest absolute Gasteiger partial charge is 0.493 e. The highest BCUT2D eigenvalue weighted by Crippen LogP contribution is 2.37. The number of aromatic nitrogens is 2. The van der Waals surface area contributed by atoms with Gasteiger partial charge in [0.25, 0.3) is 5.56 Å². The van der Waals surface area contributed by atoms with Crippen LogP contribution in [0, 0.1) is 0 Å². The Labute approximate surface area is 166 Å². The number of nitrogens with one attached hydrogen (secondary N) is 1. The van der Waals surface area contributed by atoms with E-state index in [1.165, 1.54) is 0 Å². The first-order chi connectivity index (χ1) is 13.7. The highest BCUT2D eigenvalue weighted by molar-refractivity contribution is 6.30. The van der Waals surface area contributed by atoms with E-state index < -0.39 is 0 Å². The molecule has 3 aromatic carbocycles. The van der Waals surface area contributed by atoms with Crippen molar-refractivity contribution in [2.75, 3.05) is 7.11 Å². The lowest BCUT2D eigenvalue weighted by molar-refractivity contribution is 0.285. The van der Waals surface area contributed by atoms with E-state index in [1.54, 1.807) is 25.3 Å². The van der Waals surface area contributed by atoms with Gasteiger partial charge in [0.1, 0.15) is 12.4 Å². The van der Waals surface area contributed by atoms with Crippen molar-refractivity contribution < 1.29 is 9.47 Å². The number of nitrogens with zero attached hydrogens (tertiary/aromatic N) is 1. The lowest BCUT2D eigenvalue weighted by atomic mass is 10.1. The fourth-order valence-corrected chi connectivity index (χ4v) is 3.22. The van der Waals surface area contributed by atoms with Crippen molar-refractivity contribution in [3.05, 3.63) is 87.7 Å². The minimum atomic E-state index is -0.204. The number of hydrogen-bond donors (Lipinski definition) is 1. The van der Waals surface area contributed by atoms with E-state index in [-0.39, 0.29) is 5.56 Å². The predicted octanol–water partition coefficient (Wildman–Crippen LogP) is 4.83. The Hall–Kier alpha value is -3.31. The van der Waals surface area contributed by atoms with Crippen molar-refractivity contribution in [3.63, 3.8) is 0 Å². The predicted molar refractivity (Wildman–Crippen MR) is 110 cm³/mol. The highest BCUT2D eigenvalue weighted by atomic mass is 35.5. The number of benzene rings is 3. The summed E-state index contributed by atoms with van der Waals surface area (Å²) in [4.78, 5) is 19.9. The Kier molecular flexibility index (Phi) is 5.00. The van der Waals surface area contributed by atoms with Gasteiger partial charge in [-0.2, -0.15) is 0 Å². The van der Waals surface area contributed by atoms with Gasteiger partial charge in [0, 0.05) is 5.02 Å². The molecule has 0 amide bonds. The van der Waals surface area contributed by atoms with Gasteiger partial charge in [-0.1, -0.05) is 41.9 Å². The van der Waals surface area contributed by atoms with Gasteiger partial charge >= 0.3 is 0 Å². The van der Waals surface area contributed by atoms with Gasteiger partial charge in [-0.3, -0.25) is 4.79 Å². The lowest BCUT2D eigenvalue weighted by Gasteiger charge is -2.15. The molecule has 0 spiro atoms. The molecule has 0 aliphatic carbocycles. The van der Waals surface area contributed by atoms with Crippen molar-refractivity contribution in [2.24, 2.45) is 0 Å². The Bertz CT molecular complexity index is 1200. The van der Waals surface area contributed by atoms with Gasteiger partial charge in [-0.15, -0.1) is 0 Å². The van der Waals surface area contributed by atoms with Crippen LogP contribution in [0.1, 0.15) is 5.56 Å². The number of rotatable bonds is 5. The Morgan fingerprint density at radius 3 is 2.68 bits per heavy atom. The van der Waals surface area contributed by atoms with Crippen LogP contribution in [0.2, 0.25) is 5.02 Å². The molecule has 0 radical (unpaired) electrons. The van der Waals surface area contributed by atoms with Crippen LogP contribution in [0.5, 0.6) is 11.5 Å². The number of methoxy groups -OCH3 is 1. The zero-order valence-corrected chi connectivity index (χ0v) is 15.9. The number of halogens is 1. The van der Waals surface area contributed by atoms with E-state index in [0.29, 0.717) is 45.4 Å². The zero-order valence-electron chi connectivity index (χ0n) is 15.1. The monoisotopic (exact) mass is 392 g/mol. The summed E-state index contributed by atoms with van der Waals surface area (Å²) in [6.45, 7) is 0.297. The molecule has 28 heavy (non-hydrogen) atoms. The molecule has 0 fully saturated rings. The van der Waals surface area contributed by atoms with Crippen LogP contribution in [-0.4, -0.2) is 17.1 Å². The first-order valence-corrected chi connectivity index (χ1v) is 9.07. The highest BCUT2D eigenvalue weighted by Gasteiger charge is 2.16. The van der Waals surface area contributed by atoms with Gasteiger partial charge in [-0.25, -0.2) is 4.98 Å². The third-order valence-electron chi connectivity index (χ3n) is 4.34. The molecule has 6 heteroatoms. The quantitative estimate of drug-likeness (QED) is 0.528. The van der Waals surface area contributed by atoms with Gasteiger partial charge in [-0.05, 0) is 42.0 Å². The van der Waals surface area contributed by atoms with Gasteiger partial charge in [0.05, 0.1) is 23.6 Å². The van der Waals surface area contributed by atoms with E-state index >= 15 is 0 Å². The summed E-state index contributed by atoms with van der Waals surface area (Å²) in [7, 11) is 1.57. The Balaban J connectivity index is 1.78. The van der Waals surface area contributed by atoms with Gasteiger partial charge in [0.15, 0.2) is 11.5 Å². The fourth-order valence-electron chi connectivity index (χ4n) is 3.01. The summed E-state index contributed by atoms with van der Waals surface area (Å²) < 4.78 is 11.5. The molecule has 0 bridgehead atoms. The molecule has 0 aliphatic heterocycles. The first kappa shape index (κ1) is 18.1. The van der Waals surface area contributed by atoms with Crippen molar-refractivity contribution in [3.8, 4) is 22.9 Å². The van der Waals surface area contributed by atoms with E-state index in [4.69, 9.17) is 21.1 Å². The average molecular weight is 393 g/mol. The second kappa shape index (κ2) is 7.74. The van der Waals surface area contributed by atoms with Crippen LogP contribution >= 0.6 is 11.6 Å². The average Bonchev–Trinajstić information content (AvgIpc) is 2.72. The summed E-state index contributed by atoms with van der Waals surface area (Å²) in [5.74, 6) is 1.47. The molecule has 1 aromatic heterocycles. The molecular formula is C22H17ClN2O3. The summed E-state index contributed by atoms with van der Waals surface area (Å²) in [6.07, 6.45) is 0. The Morgan fingerprint density at radius 1 is 1.04 bits per heavy atom. The number of aromatic amines is 1. The van der Waals surface area contributed by atoms with Crippen molar-refractivity contribution in [1.29, 1.82) is 0 Å². The molecule has 0 saturated carbocycles. The maximum atomic E-state index is 12.5. The van der Waals surface area contributed by atoms with Crippen LogP contribution in [0.3, 0.4) is 0 Å². The summed E-state index contributed by atoms with van der Waals surface area (Å²) in [5.41, 5.74) is 1.97. The lowest BCUT2D eigenvalue weighted by Crippen LogP contribution is -2.10. The minimum absolute atomic E-state index is 0.204. The number of para-hydroxylation sites is 2. The van der Waals surface area contributed by atoms with E-state index in [1.807, 2.05) is 48.5 Å². The van der Waals surface area contributed by atoms with Crippen molar-refractivity contribution in [2.45, 2.75) is 6.61 Å². The number of fused-ring (bicyclic) bond motifs is 1. The first-order valence-electron chi connectivity index (χ1n) is 8.69. The number of hydrogen-bond acceptors (Lipinski definition) is 4. The summed E-state index contributed by atoms with van der Waals surface area (Å²) >= 11 is 6.06. The van der Waals surface area contributed by atoms with Crippen LogP contribution in [0.4, 0.5) is 0 Å². The minimum Gasteiger partial charge on any atom is -0.493 e. The maximum absolute atomic E-state index is 12.5. The maximum Gasteiger partial charge on any atom is 0.259 e. The third kappa shape index (κ3) is 3.57. The summed E-state index contributed by atoms with van der Waals surface area (Å²) in [6, 6.07) is 20.1. The number of H-pyrrole nitrogens is 1. The normalized spacial score (nSPS) is 10.8. The fraction of sp³-hybridized carbons (Fsp3) is 0.0909. The smallest absolute Gasteiger partial charge is 0.259 e. The Morgan fingerprint density at radius 2 is 1.86 bits per heavy atom. The number of ether oxygens (including phenoxy) is 2. The van der Waals surface area contributed by atoms with Crippen molar-refractivity contribution in [1.82, 2.24) is 9.97 Å². The molecule has 0 saturated heterocycles. The molecular weight excluding hydrogens is 376 g/mol. The second-order valence-corrected chi connectivity index (χ2v) is 6.62. The molecule has 4 aromatic rings. The van der Waals surface area contributed by atoms with Crippen LogP contribution in [0.15, 0.2) is 71.5 Å². The van der Waals surface area contributed by atoms with E-state index in [9.17, 15) is 4.79 Å². The van der Waals surface area contributed by atoms with Crippen molar-refractivity contribution >= 4 is 22.5 Å². The molecule has 5 nitrogen and oxygen atoms in total. The van der Waals surface area contributed by atoms with Gasteiger partial charge in [0.2, 0.25) is 0 Å². The molecule has 140 valence electrons. The standard InChI is InChI=1S/C22H17ClN2O3/c1-27-19-11-5-9-17(20(19)28-13-14-6-4-7-15(23)12-14)21-24-18-10-3-2-8-16(18)22(26)25-21/h2-12H,13H2,1H3,(H,24,25,26).